The molecule has 0 bridgehead atoms. The van der Waals surface area contributed by atoms with Crippen LogP contribution in [0.25, 0.3) is 0 Å². The van der Waals surface area contributed by atoms with Gasteiger partial charge < -0.3 is 14.5 Å². The van der Waals surface area contributed by atoms with Crippen molar-refractivity contribution in [1.29, 1.82) is 0 Å². The minimum Gasteiger partial charge on any atom is -0.417 e. The Kier molecular flexibility index (Phi) is 3.44. The van der Waals surface area contributed by atoms with Crippen LogP contribution in [0, 0.1) is 0 Å². The van der Waals surface area contributed by atoms with Gasteiger partial charge in [0.1, 0.15) is 12.0 Å². The molecule has 1 aromatic carbocycles. The number of aromatic nitrogens is 1. The topological polar surface area (TPSA) is 47.3 Å². The minimum absolute atomic E-state index is 0.229. The van der Waals surface area contributed by atoms with E-state index in [0.29, 0.717) is 17.3 Å². The van der Waals surface area contributed by atoms with E-state index in [2.05, 4.69) is 10.3 Å². The van der Waals surface area contributed by atoms with Crippen LogP contribution in [0.1, 0.15) is 5.69 Å². The van der Waals surface area contributed by atoms with E-state index in [1.54, 1.807) is 30.5 Å². The number of ether oxygens (including phenoxy) is 1. The van der Waals surface area contributed by atoms with E-state index in [4.69, 9.17) is 20.8 Å². The monoisotopic (exact) mass is 238 g/mol. The summed E-state index contributed by atoms with van der Waals surface area (Å²) in [5, 5.41) is 3.64. The van der Waals surface area contributed by atoms with Crippen molar-refractivity contribution in [2.75, 3.05) is 7.05 Å². The Balaban J connectivity index is 2.05. The number of rotatable bonds is 4. The first kappa shape index (κ1) is 11.0. The van der Waals surface area contributed by atoms with Gasteiger partial charge in [-0.25, -0.2) is 0 Å². The predicted molar refractivity (Wildman–Crippen MR) is 60.8 cm³/mol. The van der Waals surface area contributed by atoms with Gasteiger partial charge >= 0.3 is 6.08 Å². The third-order valence-electron chi connectivity index (χ3n) is 1.91. The zero-order valence-corrected chi connectivity index (χ0v) is 9.49. The molecule has 0 aliphatic rings. The van der Waals surface area contributed by atoms with Crippen molar-refractivity contribution in [2.45, 2.75) is 6.54 Å². The Bertz CT molecular complexity index is 453. The second-order valence-electron chi connectivity index (χ2n) is 3.19. The quantitative estimate of drug-likeness (QED) is 0.890. The van der Waals surface area contributed by atoms with Crippen LogP contribution in [0.5, 0.6) is 11.8 Å². The molecule has 4 nitrogen and oxygen atoms in total. The number of nitrogens with zero attached hydrogens (tertiary/aromatic N) is 1. The molecule has 0 unspecified atom stereocenters. The van der Waals surface area contributed by atoms with Gasteiger partial charge in [-0.3, -0.25) is 0 Å². The molecule has 0 saturated carbocycles. The van der Waals surface area contributed by atoms with Crippen molar-refractivity contribution in [1.82, 2.24) is 10.3 Å². The van der Waals surface area contributed by atoms with Crippen LogP contribution in [0.2, 0.25) is 5.02 Å². The van der Waals surface area contributed by atoms with Gasteiger partial charge in [-0.2, -0.15) is 4.98 Å². The van der Waals surface area contributed by atoms with Gasteiger partial charge in [-0.05, 0) is 31.3 Å². The van der Waals surface area contributed by atoms with E-state index in [9.17, 15) is 0 Å². The summed E-state index contributed by atoms with van der Waals surface area (Å²) in [4.78, 5) is 4.13. The zero-order valence-electron chi connectivity index (χ0n) is 8.74. The molecule has 0 saturated heterocycles. The second kappa shape index (κ2) is 5.01. The van der Waals surface area contributed by atoms with E-state index >= 15 is 0 Å². The molecule has 84 valence electrons. The van der Waals surface area contributed by atoms with Crippen LogP contribution in [0.15, 0.2) is 34.9 Å². The highest BCUT2D eigenvalue weighted by atomic mass is 35.5. The molecule has 1 heterocycles. The highest BCUT2D eigenvalue weighted by Crippen LogP contribution is 2.22. The van der Waals surface area contributed by atoms with Crippen LogP contribution < -0.4 is 10.1 Å². The van der Waals surface area contributed by atoms with E-state index in [1.165, 1.54) is 0 Å². The van der Waals surface area contributed by atoms with Crippen LogP contribution in [-0.2, 0) is 6.54 Å². The van der Waals surface area contributed by atoms with Crippen molar-refractivity contribution < 1.29 is 9.15 Å². The zero-order chi connectivity index (χ0) is 11.4. The third kappa shape index (κ3) is 2.74. The van der Waals surface area contributed by atoms with Gasteiger partial charge in [0.2, 0.25) is 0 Å². The fraction of sp³-hybridized carbons (Fsp3) is 0.182. The Morgan fingerprint density at radius 1 is 1.38 bits per heavy atom. The van der Waals surface area contributed by atoms with E-state index < -0.39 is 0 Å². The minimum atomic E-state index is 0.229. The van der Waals surface area contributed by atoms with Crippen LogP contribution in [0.3, 0.4) is 0 Å². The number of halogens is 1. The first-order chi connectivity index (χ1) is 7.78. The molecule has 0 fully saturated rings. The molecule has 0 radical (unpaired) electrons. The summed E-state index contributed by atoms with van der Waals surface area (Å²) in [5.74, 6) is 0.641. The van der Waals surface area contributed by atoms with Gasteiger partial charge in [0.25, 0.3) is 0 Å². The standard InChI is InChI=1S/C11H11ClN2O2/c1-13-6-9-7-15-11(14-9)16-10-4-2-8(12)3-5-10/h2-5,7,13H,6H2,1H3. The fourth-order valence-electron chi connectivity index (χ4n) is 1.20. The number of hydrogen-bond donors (Lipinski definition) is 1. The molecule has 2 aromatic rings. The first-order valence-corrected chi connectivity index (χ1v) is 5.18. The van der Waals surface area contributed by atoms with E-state index in [1.807, 2.05) is 7.05 Å². The van der Waals surface area contributed by atoms with Crippen LogP contribution >= 0.6 is 11.6 Å². The summed E-state index contributed by atoms with van der Waals surface area (Å²) in [6.07, 6.45) is 1.79. The molecule has 0 spiro atoms. The molecule has 0 aliphatic heterocycles. The Morgan fingerprint density at radius 2 is 2.12 bits per heavy atom. The average molecular weight is 239 g/mol. The van der Waals surface area contributed by atoms with Crippen molar-refractivity contribution in [3.8, 4) is 11.8 Å². The van der Waals surface area contributed by atoms with Crippen molar-refractivity contribution in [3.05, 3.63) is 41.2 Å². The summed E-state index contributed by atoms with van der Waals surface area (Å²) in [6.45, 7) is 0.646. The molecule has 5 heteroatoms. The van der Waals surface area contributed by atoms with Gasteiger partial charge in [-0.1, -0.05) is 11.6 Å². The summed E-state index contributed by atoms with van der Waals surface area (Å²) in [5.41, 5.74) is 0.798. The molecule has 0 amide bonds. The van der Waals surface area contributed by atoms with Crippen molar-refractivity contribution in [2.24, 2.45) is 0 Å². The van der Waals surface area contributed by atoms with Crippen molar-refractivity contribution in [3.63, 3.8) is 0 Å². The Morgan fingerprint density at radius 3 is 2.81 bits per heavy atom. The lowest BCUT2D eigenvalue weighted by molar-refractivity contribution is 0.331. The Hall–Kier alpha value is -1.52. The third-order valence-corrected chi connectivity index (χ3v) is 2.16. The number of nitrogens with one attached hydrogen (secondary N) is 1. The van der Waals surface area contributed by atoms with E-state index in [0.717, 1.165) is 5.69 Å². The SMILES string of the molecule is CNCc1coc(Oc2ccc(Cl)cc2)n1. The van der Waals surface area contributed by atoms with Gasteiger partial charge in [-0.15, -0.1) is 0 Å². The maximum Gasteiger partial charge on any atom is 0.399 e. The lowest BCUT2D eigenvalue weighted by atomic mass is 10.3. The molecule has 1 aromatic heterocycles. The van der Waals surface area contributed by atoms with Crippen LogP contribution in [0.4, 0.5) is 0 Å². The van der Waals surface area contributed by atoms with Crippen LogP contribution in [-0.4, -0.2) is 12.0 Å². The molecule has 0 aliphatic carbocycles. The smallest absolute Gasteiger partial charge is 0.399 e. The highest BCUT2D eigenvalue weighted by molar-refractivity contribution is 6.30. The molecule has 0 atom stereocenters. The Labute approximate surface area is 98.2 Å². The molecular weight excluding hydrogens is 228 g/mol. The van der Waals surface area contributed by atoms with Gasteiger partial charge in [0, 0.05) is 11.6 Å². The number of benzene rings is 1. The normalized spacial score (nSPS) is 10.4. The lowest BCUT2D eigenvalue weighted by Gasteiger charge is -1.99. The molecule has 1 N–H and O–H groups in total. The largest absolute Gasteiger partial charge is 0.417 e. The molecule has 16 heavy (non-hydrogen) atoms. The summed E-state index contributed by atoms with van der Waals surface area (Å²) in [6, 6.07) is 7.00. The summed E-state index contributed by atoms with van der Waals surface area (Å²) in [7, 11) is 1.84. The molecular formula is C11H11ClN2O2. The fourth-order valence-corrected chi connectivity index (χ4v) is 1.33. The maximum absolute atomic E-state index is 5.76. The second-order valence-corrected chi connectivity index (χ2v) is 3.63. The number of hydrogen-bond acceptors (Lipinski definition) is 4. The lowest BCUT2D eigenvalue weighted by Crippen LogP contribution is -2.04. The summed E-state index contributed by atoms with van der Waals surface area (Å²) >= 11 is 5.76. The van der Waals surface area contributed by atoms with Gasteiger partial charge in [0.15, 0.2) is 0 Å². The highest BCUT2D eigenvalue weighted by Gasteiger charge is 2.05. The maximum atomic E-state index is 5.76. The molecule has 2 rings (SSSR count). The first-order valence-electron chi connectivity index (χ1n) is 4.80. The van der Waals surface area contributed by atoms with Gasteiger partial charge in [0.05, 0.1) is 5.69 Å². The summed E-state index contributed by atoms with van der Waals surface area (Å²) < 4.78 is 10.5. The van der Waals surface area contributed by atoms with Crippen molar-refractivity contribution >= 4 is 11.6 Å². The number of oxazole rings is 1. The predicted octanol–water partition coefficient (Wildman–Crippen LogP) is 2.84. The average Bonchev–Trinajstić information content (AvgIpc) is 2.70. The van der Waals surface area contributed by atoms with E-state index in [-0.39, 0.29) is 6.08 Å².